The fourth-order valence-electron chi connectivity index (χ4n) is 3.82. The molecule has 188 valence electrons. The third-order valence-electron chi connectivity index (χ3n) is 5.44. The molecule has 2 rings (SSSR count). The molecule has 0 aliphatic heterocycles. The fourth-order valence-corrected chi connectivity index (χ4v) is 3.82. The number of benzene rings is 1. The standard InChI is InChI=1S/C27H36N4O4/c1-19(2)16-24(23(26(33)30-35)14-8-12-21-10-6-5-7-11-21)25(32)29-31(18-20(3)4)27(34)22-13-9-15-28-17-22/h5-13,15,17,19-20,23-24,35H,14,16,18H2,1-4H3,(H,29,32)(H,30,33)/t23-,24+/m0/s1. The molecule has 1 heterocycles. The van der Waals surface area contributed by atoms with E-state index in [1.54, 1.807) is 23.8 Å². The van der Waals surface area contributed by atoms with Crippen LogP contribution in [-0.4, -0.2) is 39.5 Å². The number of pyridine rings is 1. The lowest BCUT2D eigenvalue weighted by Gasteiger charge is -2.30. The van der Waals surface area contributed by atoms with Gasteiger partial charge in [-0.25, -0.2) is 10.5 Å². The summed E-state index contributed by atoms with van der Waals surface area (Å²) in [7, 11) is 0. The van der Waals surface area contributed by atoms with Crippen molar-refractivity contribution in [2.75, 3.05) is 6.54 Å². The van der Waals surface area contributed by atoms with Gasteiger partial charge in [0.05, 0.1) is 17.4 Å². The second-order valence-corrected chi connectivity index (χ2v) is 9.39. The summed E-state index contributed by atoms with van der Waals surface area (Å²) in [5.41, 5.74) is 5.78. The number of amides is 3. The van der Waals surface area contributed by atoms with Gasteiger partial charge in [0.25, 0.3) is 5.91 Å². The van der Waals surface area contributed by atoms with Crippen molar-refractivity contribution < 1.29 is 19.6 Å². The third kappa shape index (κ3) is 8.98. The highest BCUT2D eigenvalue weighted by molar-refractivity contribution is 5.96. The van der Waals surface area contributed by atoms with Gasteiger partial charge >= 0.3 is 0 Å². The maximum absolute atomic E-state index is 13.5. The van der Waals surface area contributed by atoms with Crippen molar-refractivity contribution in [3.8, 4) is 0 Å². The van der Waals surface area contributed by atoms with Crippen molar-refractivity contribution in [3.05, 3.63) is 72.1 Å². The Morgan fingerprint density at radius 1 is 0.971 bits per heavy atom. The van der Waals surface area contributed by atoms with Crippen LogP contribution in [0.4, 0.5) is 0 Å². The van der Waals surface area contributed by atoms with Crippen molar-refractivity contribution in [1.29, 1.82) is 0 Å². The van der Waals surface area contributed by atoms with Gasteiger partial charge in [-0.2, -0.15) is 0 Å². The number of hydroxylamine groups is 1. The first-order valence-electron chi connectivity index (χ1n) is 11.9. The summed E-state index contributed by atoms with van der Waals surface area (Å²) in [6, 6.07) is 12.9. The van der Waals surface area contributed by atoms with Gasteiger partial charge < -0.3 is 0 Å². The maximum Gasteiger partial charge on any atom is 0.273 e. The number of allylic oxidation sites excluding steroid dienone is 1. The van der Waals surface area contributed by atoms with Crippen molar-refractivity contribution in [2.45, 2.75) is 40.5 Å². The summed E-state index contributed by atoms with van der Waals surface area (Å²) >= 11 is 0. The molecule has 0 unspecified atom stereocenters. The normalized spacial score (nSPS) is 13.0. The average Bonchev–Trinajstić information content (AvgIpc) is 2.85. The molecule has 8 nitrogen and oxygen atoms in total. The highest BCUT2D eigenvalue weighted by Crippen LogP contribution is 2.26. The Bertz CT molecular complexity index is 977. The lowest BCUT2D eigenvalue weighted by atomic mass is 9.82. The van der Waals surface area contributed by atoms with E-state index in [-0.39, 0.29) is 24.2 Å². The van der Waals surface area contributed by atoms with Gasteiger partial charge in [0, 0.05) is 18.9 Å². The summed E-state index contributed by atoms with van der Waals surface area (Å²) in [5.74, 6) is -2.86. The molecule has 8 heteroatoms. The van der Waals surface area contributed by atoms with Crippen molar-refractivity contribution in [1.82, 2.24) is 20.9 Å². The summed E-state index contributed by atoms with van der Waals surface area (Å²) in [5, 5.41) is 10.7. The number of hydrogen-bond acceptors (Lipinski definition) is 5. The molecule has 0 fully saturated rings. The van der Waals surface area contributed by atoms with E-state index in [0.717, 1.165) is 5.56 Å². The smallest absolute Gasteiger partial charge is 0.273 e. The Balaban J connectivity index is 2.29. The quantitative estimate of drug-likeness (QED) is 0.331. The van der Waals surface area contributed by atoms with E-state index in [2.05, 4.69) is 10.4 Å². The zero-order valence-electron chi connectivity index (χ0n) is 20.8. The second-order valence-electron chi connectivity index (χ2n) is 9.39. The number of hydrazine groups is 1. The van der Waals surface area contributed by atoms with Gasteiger partial charge in [-0.05, 0) is 42.4 Å². The Morgan fingerprint density at radius 3 is 2.26 bits per heavy atom. The zero-order chi connectivity index (χ0) is 25.8. The zero-order valence-corrected chi connectivity index (χ0v) is 20.8. The Hall–Kier alpha value is -3.52. The van der Waals surface area contributed by atoms with E-state index in [4.69, 9.17) is 0 Å². The van der Waals surface area contributed by atoms with E-state index >= 15 is 0 Å². The molecule has 0 aliphatic carbocycles. The number of nitrogens with zero attached hydrogens (tertiary/aromatic N) is 2. The van der Waals surface area contributed by atoms with Gasteiger partial charge in [-0.1, -0.05) is 70.2 Å². The summed E-state index contributed by atoms with van der Waals surface area (Å²) in [6.45, 7) is 8.09. The molecule has 2 aromatic rings. The van der Waals surface area contributed by atoms with E-state index < -0.39 is 23.7 Å². The molecular weight excluding hydrogens is 444 g/mol. The fraction of sp³-hybridized carbons (Fsp3) is 0.407. The lowest BCUT2D eigenvalue weighted by molar-refractivity contribution is -0.142. The van der Waals surface area contributed by atoms with Gasteiger partial charge in [-0.15, -0.1) is 0 Å². The minimum atomic E-state index is -0.822. The van der Waals surface area contributed by atoms with Gasteiger partial charge in [-0.3, -0.25) is 30.0 Å². The van der Waals surface area contributed by atoms with Crippen LogP contribution in [0.2, 0.25) is 0 Å². The number of rotatable bonds is 11. The maximum atomic E-state index is 13.5. The summed E-state index contributed by atoms with van der Waals surface area (Å²) in [4.78, 5) is 43.2. The molecule has 1 aromatic carbocycles. The third-order valence-corrected chi connectivity index (χ3v) is 5.44. The molecule has 0 aliphatic rings. The first-order chi connectivity index (χ1) is 16.7. The van der Waals surface area contributed by atoms with Crippen LogP contribution in [0.15, 0.2) is 60.9 Å². The van der Waals surface area contributed by atoms with Crippen molar-refractivity contribution in [2.24, 2.45) is 23.7 Å². The number of hydrogen-bond donors (Lipinski definition) is 3. The summed E-state index contributed by atoms with van der Waals surface area (Å²) < 4.78 is 0. The molecule has 2 atom stereocenters. The predicted molar refractivity (Wildman–Crippen MR) is 135 cm³/mol. The molecule has 35 heavy (non-hydrogen) atoms. The Labute approximate surface area is 207 Å². The molecule has 0 bridgehead atoms. The highest BCUT2D eigenvalue weighted by Gasteiger charge is 2.35. The van der Waals surface area contributed by atoms with Crippen LogP contribution in [0.1, 0.15) is 56.5 Å². The van der Waals surface area contributed by atoms with Gasteiger partial charge in [0.15, 0.2) is 0 Å². The molecule has 0 radical (unpaired) electrons. The van der Waals surface area contributed by atoms with Crippen LogP contribution in [0.25, 0.3) is 6.08 Å². The van der Waals surface area contributed by atoms with Crippen LogP contribution in [0, 0.1) is 23.7 Å². The minimum Gasteiger partial charge on any atom is -0.289 e. The first-order valence-corrected chi connectivity index (χ1v) is 11.9. The topological polar surface area (TPSA) is 112 Å². The largest absolute Gasteiger partial charge is 0.289 e. The van der Waals surface area contributed by atoms with E-state index in [1.165, 1.54) is 11.2 Å². The summed E-state index contributed by atoms with van der Waals surface area (Å²) in [6.07, 6.45) is 7.36. The van der Waals surface area contributed by atoms with Crippen LogP contribution < -0.4 is 10.9 Å². The van der Waals surface area contributed by atoms with Crippen molar-refractivity contribution in [3.63, 3.8) is 0 Å². The Kier molecular flexibility index (Phi) is 11.1. The van der Waals surface area contributed by atoms with Crippen LogP contribution >= 0.6 is 0 Å². The predicted octanol–water partition coefficient (Wildman–Crippen LogP) is 4.10. The lowest BCUT2D eigenvalue weighted by Crippen LogP contribution is -2.52. The number of nitrogens with one attached hydrogen (secondary N) is 2. The second kappa shape index (κ2) is 14.0. The SMILES string of the molecule is CC(C)C[C@@H](C(=O)NN(CC(C)C)C(=O)c1cccnc1)[C@H](CC=Cc1ccccc1)C(=O)NO. The highest BCUT2D eigenvalue weighted by atomic mass is 16.5. The minimum absolute atomic E-state index is 0.0878. The van der Waals surface area contributed by atoms with Crippen molar-refractivity contribution >= 4 is 23.8 Å². The molecular formula is C27H36N4O4. The van der Waals surface area contributed by atoms with Crippen LogP contribution in [0.5, 0.6) is 0 Å². The van der Waals surface area contributed by atoms with E-state index in [1.807, 2.05) is 70.2 Å². The van der Waals surface area contributed by atoms with Gasteiger partial charge in [0.2, 0.25) is 11.8 Å². The van der Waals surface area contributed by atoms with E-state index in [0.29, 0.717) is 18.5 Å². The monoisotopic (exact) mass is 480 g/mol. The number of aromatic nitrogens is 1. The molecule has 1 aromatic heterocycles. The Morgan fingerprint density at radius 2 is 1.69 bits per heavy atom. The van der Waals surface area contributed by atoms with Crippen LogP contribution in [0.3, 0.4) is 0 Å². The van der Waals surface area contributed by atoms with E-state index in [9.17, 15) is 19.6 Å². The van der Waals surface area contributed by atoms with Crippen LogP contribution in [-0.2, 0) is 9.59 Å². The molecule has 3 N–H and O–H groups in total. The molecule has 0 saturated carbocycles. The molecule has 3 amide bonds. The molecule has 0 saturated heterocycles. The van der Waals surface area contributed by atoms with Gasteiger partial charge in [0.1, 0.15) is 0 Å². The number of carbonyl (C=O) groups excluding carboxylic acids is 3. The number of carbonyl (C=O) groups is 3. The average molecular weight is 481 g/mol. The first kappa shape index (κ1) is 27.7. The molecule has 0 spiro atoms.